The fourth-order valence-electron chi connectivity index (χ4n) is 6.99. The number of ether oxygens (including phenoxy) is 2. The van der Waals surface area contributed by atoms with Crippen LogP contribution in [0.1, 0.15) is 57.2 Å². The molecule has 0 bridgehead atoms. The van der Waals surface area contributed by atoms with Gasteiger partial charge in [0.2, 0.25) is 12.2 Å². The van der Waals surface area contributed by atoms with Gasteiger partial charge in [0, 0.05) is 34.5 Å². The Morgan fingerprint density at radius 1 is 0.809 bits per heavy atom. The Hall–Kier alpha value is -4.97. The third-order valence-electron chi connectivity index (χ3n) is 9.49. The Bertz CT molecular complexity index is 1810. The summed E-state index contributed by atoms with van der Waals surface area (Å²) in [5, 5.41) is 0. The van der Waals surface area contributed by atoms with Crippen LogP contribution in [0, 0.1) is 5.41 Å². The van der Waals surface area contributed by atoms with Crippen LogP contribution in [0.15, 0.2) is 132 Å². The molecule has 0 amide bonds. The van der Waals surface area contributed by atoms with Crippen molar-refractivity contribution in [3.05, 3.63) is 149 Å². The highest BCUT2D eigenvalue weighted by Gasteiger charge is 2.45. The molecule has 0 N–H and O–H groups in total. The zero-order valence-corrected chi connectivity index (χ0v) is 27.7. The van der Waals surface area contributed by atoms with Crippen LogP contribution in [0.3, 0.4) is 0 Å². The van der Waals surface area contributed by atoms with Crippen molar-refractivity contribution in [1.29, 1.82) is 0 Å². The highest BCUT2D eigenvalue weighted by atomic mass is 16.5. The van der Waals surface area contributed by atoms with Crippen LogP contribution in [0.2, 0.25) is 0 Å². The first-order valence-electron chi connectivity index (χ1n) is 16.4. The lowest BCUT2D eigenvalue weighted by atomic mass is 9.79. The monoisotopic (exact) mass is 627 g/mol. The predicted octanol–water partition coefficient (Wildman–Crippen LogP) is 7.94. The SMILES string of the molecule is CC1(C)C2=C(C=CCC2)N(CC(=O)OCc2ccccc2)/C1=C/C=C/C1=[N+](CC(=O)OCc2ccccc2)c2ccccc2C1(C)C. The average molecular weight is 628 g/mol. The zero-order chi connectivity index (χ0) is 33.0. The topological polar surface area (TPSA) is 58.9 Å². The van der Waals surface area contributed by atoms with Crippen molar-refractivity contribution in [1.82, 2.24) is 4.90 Å². The number of esters is 2. The van der Waals surface area contributed by atoms with Gasteiger partial charge >= 0.3 is 11.9 Å². The van der Waals surface area contributed by atoms with E-state index in [1.165, 1.54) is 5.57 Å². The van der Waals surface area contributed by atoms with Gasteiger partial charge in [-0.2, -0.15) is 4.58 Å². The third-order valence-corrected chi connectivity index (χ3v) is 9.49. The number of rotatable bonds is 10. The second-order valence-electron chi connectivity index (χ2n) is 13.3. The van der Waals surface area contributed by atoms with Crippen molar-refractivity contribution in [2.45, 2.75) is 59.2 Å². The summed E-state index contributed by atoms with van der Waals surface area (Å²) in [5.41, 5.74) is 7.96. The number of nitrogens with zero attached hydrogens (tertiary/aromatic N) is 2. The van der Waals surface area contributed by atoms with E-state index < -0.39 is 0 Å². The largest absolute Gasteiger partial charge is 0.459 e. The van der Waals surface area contributed by atoms with Crippen LogP contribution >= 0.6 is 0 Å². The maximum atomic E-state index is 13.2. The quantitative estimate of drug-likeness (QED) is 0.169. The van der Waals surface area contributed by atoms with Crippen LogP contribution in [-0.4, -0.2) is 40.2 Å². The van der Waals surface area contributed by atoms with Gasteiger partial charge in [0.25, 0.3) is 0 Å². The second-order valence-corrected chi connectivity index (χ2v) is 13.3. The standard InChI is InChI=1S/C41H43N2O4/c1-40(2)32-20-11-13-22-34(32)42(26-38(44)46-28-30-16-7-5-8-17-30)36(40)24-15-25-37-41(3,4)33-21-12-14-23-35(33)43(37)27-39(45)47-29-31-18-9-6-10-19-31/h5-11,13-20,22-25H,12,21,26-29H2,1-4H3/q+1. The molecule has 6 nitrogen and oxygen atoms in total. The van der Waals surface area contributed by atoms with Gasteiger partial charge in [-0.3, -0.25) is 4.79 Å². The molecule has 6 heteroatoms. The van der Waals surface area contributed by atoms with Gasteiger partial charge < -0.3 is 14.4 Å². The Kier molecular flexibility index (Phi) is 9.12. The Morgan fingerprint density at radius 3 is 2.11 bits per heavy atom. The molecule has 3 aromatic rings. The molecule has 2 aliphatic heterocycles. The van der Waals surface area contributed by atoms with Crippen molar-refractivity contribution in [2.24, 2.45) is 5.41 Å². The summed E-state index contributed by atoms with van der Waals surface area (Å²) < 4.78 is 13.5. The van der Waals surface area contributed by atoms with Crippen LogP contribution < -0.4 is 0 Å². The number of benzene rings is 3. The van der Waals surface area contributed by atoms with E-state index in [0.717, 1.165) is 52.3 Å². The lowest BCUT2D eigenvalue weighted by molar-refractivity contribution is -0.428. The van der Waals surface area contributed by atoms with Gasteiger partial charge in [0.15, 0.2) is 5.71 Å². The molecule has 0 unspecified atom stereocenters. The maximum Gasteiger partial charge on any atom is 0.373 e. The zero-order valence-electron chi connectivity index (χ0n) is 27.7. The van der Waals surface area contributed by atoms with E-state index in [0.29, 0.717) is 0 Å². The lowest BCUT2D eigenvalue weighted by Gasteiger charge is -2.28. The van der Waals surface area contributed by atoms with Crippen LogP contribution in [0.5, 0.6) is 0 Å². The number of hydrogen-bond donors (Lipinski definition) is 0. The minimum absolute atomic E-state index is 0.106. The number of hydrogen-bond acceptors (Lipinski definition) is 5. The Labute approximate surface area is 278 Å². The lowest BCUT2D eigenvalue weighted by Crippen LogP contribution is -2.30. The molecule has 0 fully saturated rings. The van der Waals surface area contributed by atoms with E-state index in [1.807, 2.05) is 72.8 Å². The third kappa shape index (κ3) is 6.64. The first-order valence-corrected chi connectivity index (χ1v) is 16.4. The number of carbonyl (C=O) groups is 2. The number of para-hydroxylation sites is 1. The summed E-state index contributed by atoms with van der Waals surface area (Å²) in [6.45, 7) is 9.56. The molecule has 0 spiro atoms. The molecule has 0 saturated carbocycles. The van der Waals surface area contributed by atoms with Gasteiger partial charge in [-0.15, -0.1) is 0 Å². The highest BCUT2D eigenvalue weighted by Crippen LogP contribution is 2.50. The van der Waals surface area contributed by atoms with Crippen molar-refractivity contribution in [3.8, 4) is 0 Å². The molecule has 0 saturated heterocycles. The van der Waals surface area contributed by atoms with Crippen LogP contribution in [-0.2, 0) is 37.7 Å². The van der Waals surface area contributed by atoms with Crippen LogP contribution in [0.4, 0.5) is 5.69 Å². The Balaban J connectivity index is 1.27. The minimum atomic E-state index is -0.336. The molecule has 0 aromatic heterocycles. The maximum absolute atomic E-state index is 13.2. The van der Waals surface area contributed by atoms with E-state index >= 15 is 0 Å². The normalized spacial score (nSPS) is 18.6. The molecule has 47 heavy (non-hydrogen) atoms. The van der Waals surface area contributed by atoms with Crippen molar-refractivity contribution in [3.63, 3.8) is 0 Å². The van der Waals surface area contributed by atoms with Gasteiger partial charge in [-0.1, -0.05) is 105 Å². The van der Waals surface area contributed by atoms with E-state index in [1.54, 1.807) is 0 Å². The minimum Gasteiger partial charge on any atom is -0.459 e. The van der Waals surface area contributed by atoms with Gasteiger partial charge in [0.05, 0.1) is 5.41 Å². The number of carbonyl (C=O) groups excluding carboxylic acids is 2. The molecule has 0 atom stereocenters. The highest BCUT2D eigenvalue weighted by molar-refractivity contribution is 6.03. The molecule has 6 rings (SSSR count). The molecule has 2 heterocycles. The van der Waals surface area contributed by atoms with Gasteiger partial charge in [-0.05, 0) is 55.5 Å². The van der Waals surface area contributed by atoms with Crippen molar-refractivity contribution in [2.75, 3.05) is 13.1 Å². The van der Waals surface area contributed by atoms with E-state index in [2.05, 4.69) is 79.7 Å². The summed E-state index contributed by atoms with van der Waals surface area (Å²) in [7, 11) is 0. The van der Waals surface area contributed by atoms with Crippen LogP contribution in [0.25, 0.3) is 0 Å². The predicted molar refractivity (Wildman–Crippen MR) is 185 cm³/mol. The molecule has 240 valence electrons. The number of fused-ring (bicyclic) bond motifs is 1. The fraction of sp³-hybridized carbons (Fsp3) is 0.293. The molecule has 0 radical (unpaired) electrons. The van der Waals surface area contributed by atoms with Crippen molar-refractivity contribution >= 4 is 23.3 Å². The number of allylic oxidation sites excluding steroid dienone is 6. The molecular weight excluding hydrogens is 584 g/mol. The second kappa shape index (κ2) is 13.4. The summed E-state index contributed by atoms with van der Waals surface area (Å²) in [6, 6.07) is 27.7. The molecule has 1 aliphatic carbocycles. The summed E-state index contributed by atoms with van der Waals surface area (Å²) in [4.78, 5) is 28.5. The van der Waals surface area contributed by atoms with Gasteiger partial charge in [0.1, 0.15) is 19.8 Å². The smallest absolute Gasteiger partial charge is 0.373 e. The Morgan fingerprint density at radius 2 is 1.43 bits per heavy atom. The van der Waals surface area contributed by atoms with Crippen molar-refractivity contribution < 1.29 is 23.6 Å². The first-order chi connectivity index (χ1) is 22.7. The van der Waals surface area contributed by atoms with E-state index in [4.69, 9.17) is 9.47 Å². The molecule has 3 aromatic carbocycles. The average Bonchev–Trinajstić information content (AvgIpc) is 3.42. The molecule has 3 aliphatic rings. The van der Waals surface area contributed by atoms with E-state index in [-0.39, 0.29) is 49.1 Å². The summed E-state index contributed by atoms with van der Waals surface area (Å²) in [5.74, 6) is -0.555. The molecular formula is C41H43N2O4+. The summed E-state index contributed by atoms with van der Waals surface area (Å²) in [6.07, 6.45) is 12.5. The summed E-state index contributed by atoms with van der Waals surface area (Å²) >= 11 is 0. The first kappa shape index (κ1) is 32.0. The van der Waals surface area contributed by atoms with Gasteiger partial charge in [-0.25, -0.2) is 4.79 Å². The fourth-order valence-corrected chi connectivity index (χ4v) is 6.99. The van der Waals surface area contributed by atoms with E-state index in [9.17, 15) is 9.59 Å².